The van der Waals surface area contributed by atoms with E-state index in [1.54, 1.807) is 51.2 Å². The molecule has 0 atom stereocenters. The Morgan fingerprint density at radius 1 is 1.40 bits per heavy atom. The van der Waals surface area contributed by atoms with Gasteiger partial charge in [0.2, 0.25) is 5.78 Å². The maximum atomic E-state index is 12.1. The fourth-order valence-corrected chi connectivity index (χ4v) is 1.47. The summed E-state index contributed by atoms with van der Waals surface area (Å²) in [5.41, 5.74) is -0.282. The topological polar surface area (TPSA) is 59.5 Å². The van der Waals surface area contributed by atoms with Crippen LogP contribution in [-0.2, 0) is 4.74 Å². The number of hydrogen-bond donors (Lipinski definition) is 0. The van der Waals surface area contributed by atoms with Crippen LogP contribution in [0.1, 0.15) is 31.3 Å². The number of Topliss-reactive ketones (excluding diaryl/α,β-unsaturated/α-hetero) is 1. The lowest BCUT2D eigenvalue weighted by Gasteiger charge is -2.26. The molecule has 0 aromatic carbocycles. The highest BCUT2D eigenvalue weighted by Crippen LogP contribution is 2.10. The van der Waals surface area contributed by atoms with Gasteiger partial charge in [0, 0.05) is 12.7 Å². The number of aromatic nitrogens is 1. The molecule has 0 saturated heterocycles. The van der Waals surface area contributed by atoms with Crippen molar-refractivity contribution in [2.45, 2.75) is 26.4 Å². The zero-order valence-electron chi connectivity index (χ0n) is 12.1. The van der Waals surface area contributed by atoms with E-state index >= 15 is 0 Å². The zero-order valence-corrected chi connectivity index (χ0v) is 12.1. The largest absolute Gasteiger partial charge is 0.444 e. The van der Waals surface area contributed by atoms with Gasteiger partial charge in [-0.15, -0.1) is 6.58 Å². The number of ketones is 1. The molecule has 1 amide bonds. The summed E-state index contributed by atoms with van der Waals surface area (Å²) < 4.78 is 5.26. The highest BCUT2D eigenvalue weighted by atomic mass is 16.6. The zero-order chi connectivity index (χ0) is 15.2. The summed E-state index contributed by atoms with van der Waals surface area (Å²) in [6.07, 6.45) is 2.55. The van der Waals surface area contributed by atoms with Crippen LogP contribution in [0.4, 0.5) is 4.79 Å². The van der Waals surface area contributed by atoms with Crippen LogP contribution in [-0.4, -0.2) is 40.5 Å². The van der Waals surface area contributed by atoms with Crippen LogP contribution in [0.3, 0.4) is 0 Å². The Morgan fingerprint density at radius 3 is 2.60 bits per heavy atom. The number of rotatable bonds is 5. The molecule has 1 rings (SSSR count). The monoisotopic (exact) mass is 276 g/mol. The number of carbonyl (C=O) groups is 2. The lowest BCUT2D eigenvalue weighted by atomic mass is 10.2. The third kappa shape index (κ3) is 5.22. The summed E-state index contributed by atoms with van der Waals surface area (Å²) in [4.78, 5) is 29.3. The number of ether oxygens (including phenoxy) is 1. The van der Waals surface area contributed by atoms with Gasteiger partial charge in [0.1, 0.15) is 11.3 Å². The molecule has 0 unspecified atom stereocenters. The SMILES string of the molecule is C=CCN(CC(=O)c1ccccn1)C(=O)OC(C)(C)C. The number of pyridine rings is 1. The second kappa shape index (κ2) is 6.84. The first-order chi connectivity index (χ1) is 9.33. The van der Waals surface area contributed by atoms with Crippen molar-refractivity contribution in [2.24, 2.45) is 0 Å². The first kappa shape index (κ1) is 15.9. The highest BCUT2D eigenvalue weighted by molar-refractivity contribution is 5.97. The first-order valence-corrected chi connectivity index (χ1v) is 6.36. The van der Waals surface area contributed by atoms with E-state index in [2.05, 4.69) is 11.6 Å². The van der Waals surface area contributed by atoms with Crippen molar-refractivity contribution in [1.29, 1.82) is 0 Å². The summed E-state index contributed by atoms with van der Waals surface area (Å²) >= 11 is 0. The van der Waals surface area contributed by atoms with E-state index in [-0.39, 0.29) is 18.9 Å². The molecule has 0 bridgehead atoms. The molecule has 1 aromatic heterocycles. The van der Waals surface area contributed by atoms with E-state index in [4.69, 9.17) is 4.74 Å². The second-order valence-electron chi connectivity index (χ2n) is 5.29. The minimum absolute atomic E-state index is 0.0854. The minimum atomic E-state index is -0.607. The van der Waals surface area contributed by atoms with Crippen LogP contribution < -0.4 is 0 Å². The molecule has 0 radical (unpaired) electrons. The van der Waals surface area contributed by atoms with E-state index in [0.29, 0.717) is 5.69 Å². The van der Waals surface area contributed by atoms with Gasteiger partial charge in [0.25, 0.3) is 0 Å². The van der Waals surface area contributed by atoms with Crippen molar-refractivity contribution < 1.29 is 14.3 Å². The summed E-state index contributed by atoms with van der Waals surface area (Å²) in [6.45, 7) is 9.07. The highest BCUT2D eigenvalue weighted by Gasteiger charge is 2.23. The van der Waals surface area contributed by atoms with E-state index in [1.165, 1.54) is 4.90 Å². The Kier molecular flexibility index (Phi) is 5.43. The fourth-order valence-electron chi connectivity index (χ4n) is 1.47. The smallest absolute Gasteiger partial charge is 0.410 e. The molecule has 0 spiro atoms. The standard InChI is InChI=1S/C15H20N2O3/c1-5-10-17(14(19)20-15(2,3)4)11-13(18)12-8-6-7-9-16-12/h5-9H,1,10-11H2,2-4H3. The molecule has 0 saturated carbocycles. The lowest BCUT2D eigenvalue weighted by Crippen LogP contribution is -2.40. The van der Waals surface area contributed by atoms with Crippen molar-refractivity contribution in [3.05, 3.63) is 42.7 Å². The molecule has 1 heterocycles. The van der Waals surface area contributed by atoms with Gasteiger partial charge in [-0.25, -0.2) is 4.79 Å². The summed E-state index contributed by atoms with van der Waals surface area (Å²) in [5.74, 6) is -0.238. The van der Waals surface area contributed by atoms with Gasteiger partial charge in [0.05, 0.1) is 6.54 Å². The lowest BCUT2D eigenvalue weighted by molar-refractivity contribution is 0.0268. The van der Waals surface area contributed by atoms with E-state index in [9.17, 15) is 9.59 Å². The molecular formula is C15H20N2O3. The van der Waals surface area contributed by atoms with Gasteiger partial charge >= 0.3 is 6.09 Å². The molecule has 0 N–H and O–H groups in total. The predicted molar refractivity (Wildman–Crippen MR) is 76.6 cm³/mol. The molecule has 20 heavy (non-hydrogen) atoms. The fraction of sp³-hybridized carbons (Fsp3) is 0.400. The number of amides is 1. The third-order valence-electron chi connectivity index (χ3n) is 2.29. The maximum absolute atomic E-state index is 12.1. The van der Waals surface area contributed by atoms with Gasteiger partial charge in [-0.05, 0) is 32.9 Å². The molecule has 1 aromatic rings. The molecule has 0 aliphatic carbocycles. The normalized spacial score (nSPS) is 10.8. The Balaban J connectivity index is 2.75. The van der Waals surface area contributed by atoms with E-state index in [1.807, 2.05) is 0 Å². The molecule has 0 aliphatic rings. The maximum Gasteiger partial charge on any atom is 0.410 e. The van der Waals surface area contributed by atoms with Crippen LogP contribution in [0.2, 0.25) is 0 Å². The van der Waals surface area contributed by atoms with Gasteiger partial charge < -0.3 is 4.74 Å². The summed E-state index contributed by atoms with van der Waals surface area (Å²) in [6, 6.07) is 5.07. The molecule has 108 valence electrons. The van der Waals surface area contributed by atoms with Gasteiger partial charge in [-0.3, -0.25) is 14.7 Å². The minimum Gasteiger partial charge on any atom is -0.444 e. The molecule has 0 aliphatic heterocycles. The van der Waals surface area contributed by atoms with E-state index in [0.717, 1.165) is 0 Å². The van der Waals surface area contributed by atoms with Crippen LogP contribution in [0, 0.1) is 0 Å². The van der Waals surface area contributed by atoms with Gasteiger partial charge in [-0.2, -0.15) is 0 Å². The predicted octanol–water partition coefficient (Wildman–Crippen LogP) is 2.69. The Bertz CT molecular complexity index is 478. The van der Waals surface area contributed by atoms with Gasteiger partial charge in [0.15, 0.2) is 0 Å². The summed E-state index contributed by atoms with van der Waals surface area (Å²) in [7, 11) is 0. The second-order valence-corrected chi connectivity index (χ2v) is 5.29. The number of carbonyl (C=O) groups excluding carboxylic acids is 2. The van der Waals surface area contributed by atoms with Gasteiger partial charge in [-0.1, -0.05) is 12.1 Å². The molecule has 5 nitrogen and oxygen atoms in total. The van der Waals surface area contributed by atoms with Crippen molar-refractivity contribution in [2.75, 3.05) is 13.1 Å². The van der Waals surface area contributed by atoms with Crippen molar-refractivity contribution in [3.8, 4) is 0 Å². The molecule has 5 heteroatoms. The third-order valence-corrected chi connectivity index (χ3v) is 2.29. The van der Waals surface area contributed by atoms with Crippen molar-refractivity contribution >= 4 is 11.9 Å². The van der Waals surface area contributed by atoms with Crippen LogP contribution in [0.25, 0.3) is 0 Å². The Hall–Kier alpha value is -2.17. The molecular weight excluding hydrogens is 256 g/mol. The summed E-state index contributed by atoms with van der Waals surface area (Å²) in [5, 5.41) is 0. The van der Waals surface area contributed by atoms with Crippen molar-refractivity contribution in [3.63, 3.8) is 0 Å². The van der Waals surface area contributed by atoms with E-state index < -0.39 is 11.7 Å². The average molecular weight is 276 g/mol. The quantitative estimate of drug-likeness (QED) is 0.613. The van der Waals surface area contributed by atoms with Crippen LogP contribution in [0.15, 0.2) is 37.1 Å². The first-order valence-electron chi connectivity index (χ1n) is 6.36. The van der Waals surface area contributed by atoms with Crippen molar-refractivity contribution in [1.82, 2.24) is 9.88 Å². The Morgan fingerprint density at radius 2 is 2.10 bits per heavy atom. The van der Waals surface area contributed by atoms with Crippen LogP contribution >= 0.6 is 0 Å². The average Bonchev–Trinajstić information content (AvgIpc) is 2.37. The Labute approximate surface area is 119 Å². The van der Waals surface area contributed by atoms with Crippen LogP contribution in [0.5, 0.6) is 0 Å². The molecule has 0 fully saturated rings. The number of hydrogen-bond acceptors (Lipinski definition) is 4. The number of nitrogens with zero attached hydrogens (tertiary/aromatic N) is 2.